The molecule has 0 aliphatic carbocycles. The number of aliphatic hydroxyl groups excluding tert-OH is 1. The Morgan fingerprint density at radius 2 is 2.30 bits per heavy atom. The molecule has 1 amide bonds. The highest BCUT2D eigenvalue weighted by atomic mass is 32.1. The Morgan fingerprint density at radius 3 is 2.87 bits per heavy atom. The molecule has 0 fully saturated rings. The Bertz CT molecular complexity index is 703. The van der Waals surface area contributed by atoms with Crippen LogP contribution in [0.25, 0.3) is 5.53 Å². The first kappa shape index (κ1) is 16.7. The topological polar surface area (TPSA) is 99.1 Å². The van der Waals surface area contributed by atoms with Crippen LogP contribution in [0.1, 0.15) is 26.3 Å². The third-order valence-corrected chi connectivity index (χ3v) is 3.64. The number of rotatable bonds is 2. The molecule has 0 saturated carbocycles. The molecule has 0 unspecified atom stereocenters. The molecule has 1 aliphatic heterocycles. The fraction of sp³-hybridized carbons (Fsp3) is 0.267. The standard InChI is InChI=1S/C15H16N4O3S/c1-15(2,3)22-14(21)19-11(12(20)8-18-16)9-23-13(19)10-5-4-6-17-7-10/h4-9,20H,1-3H3. The van der Waals surface area contributed by atoms with Crippen LogP contribution in [0.2, 0.25) is 0 Å². The molecule has 23 heavy (non-hydrogen) atoms. The molecule has 1 aromatic heterocycles. The Labute approximate surface area is 137 Å². The van der Waals surface area contributed by atoms with Crippen molar-refractivity contribution in [3.8, 4) is 0 Å². The summed E-state index contributed by atoms with van der Waals surface area (Å²) in [4.78, 5) is 20.6. The van der Waals surface area contributed by atoms with E-state index >= 15 is 0 Å². The van der Waals surface area contributed by atoms with Gasteiger partial charge in [0.25, 0.3) is 0 Å². The van der Waals surface area contributed by atoms with Gasteiger partial charge in [-0.15, -0.1) is 6.07 Å². The van der Waals surface area contributed by atoms with Crippen molar-refractivity contribution in [2.45, 2.75) is 26.4 Å². The average molecular weight is 332 g/mol. The van der Waals surface area contributed by atoms with Crippen LogP contribution < -0.4 is 0 Å². The molecule has 8 heteroatoms. The molecule has 0 atom stereocenters. The van der Waals surface area contributed by atoms with Gasteiger partial charge in [0.05, 0.1) is 0 Å². The lowest BCUT2D eigenvalue weighted by Crippen LogP contribution is -2.37. The number of hydrogen-bond acceptors (Lipinski definition) is 4. The van der Waals surface area contributed by atoms with E-state index in [0.717, 1.165) is 6.21 Å². The molecule has 120 valence electrons. The molecular weight excluding hydrogens is 316 g/mol. The van der Waals surface area contributed by atoms with E-state index in [2.05, 4.69) is 9.77 Å². The number of aromatic nitrogens is 1. The summed E-state index contributed by atoms with van der Waals surface area (Å²) in [5.74, 6) is -0.357. The van der Waals surface area contributed by atoms with E-state index in [4.69, 9.17) is 10.3 Å². The van der Waals surface area contributed by atoms with E-state index in [9.17, 15) is 9.90 Å². The van der Waals surface area contributed by atoms with Gasteiger partial charge in [0.2, 0.25) is 16.5 Å². The smallest absolute Gasteiger partial charge is 0.412 e. The minimum Gasteiger partial charge on any atom is -0.500 e. The summed E-state index contributed by atoms with van der Waals surface area (Å²) in [6.45, 7) is 5.25. The Hall–Kier alpha value is -2.70. The van der Waals surface area contributed by atoms with E-state index in [1.165, 1.54) is 16.3 Å². The van der Waals surface area contributed by atoms with Crippen molar-refractivity contribution in [2.24, 2.45) is 0 Å². The maximum atomic E-state index is 12.5. The monoisotopic (exact) mass is 332 g/mol. The first-order valence-electron chi connectivity index (χ1n) is 6.74. The SMILES string of the molecule is CC(C)(C)OC(=O)N1C(=C(O)C=[N+]=[N-])C=[S+][C-]1c1cccnc1. The lowest BCUT2D eigenvalue weighted by Gasteiger charge is -2.27. The number of pyridine rings is 1. The molecule has 1 aromatic rings. The third-order valence-electron chi connectivity index (χ3n) is 2.65. The highest BCUT2D eigenvalue weighted by Crippen LogP contribution is 2.30. The van der Waals surface area contributed by atoms with E-state index in [-0.39, 0.29) is 11.5 Å². The molecule has 7 nitrogen and oxygen atoms in total. The largest absolute Gasteiger partial charge is 0.500 e. The second kappa shape index (κ2) is 6.60. The van der Waals surface area contributed by atoms with Crippen LogP contribution in [0.4, 0.5) is 4.79 Å². The zero-order valence-electron chi connectivity index (χ0n) is 12.9. The number of amides is 1. The van der Waals surface area contributed by atoms with Gasteiger partial charge in [-0.05, 0) is 27.0 Å². The van der Waals surface area contributed by atoms with Crippen LogP contribution in [0.3, 0.4) is 0 Å². The maximum Gasteiger partial charge on any atom is 0.412 e. The molecule has 0 bridgehead atoms. The maximum absolute atomic E-state index is 12.5. The quantitative estimate of drug-likeness (QED) is 0.131. The van der Waals surface area contributed by atoms with Gasteiger partial charge in [-0.2, -0.15) is 10.9 Å². The van der Waals surface area contributed by atoms with Crippen molar-refractivity contribution in [3.63, 3.8) is 0 Å². The van der Waals surface area contributed by atoms with Gasteiger partial charge in [-0.1, -0.05) is 11.8 Å². The Kier molecular flexibility index (Phi) is 4.78. The van der Waals surface area contributed by atoms with Crippen molar-refractivity contribution >= 4 is 29.0 Å². The second-order valence-electron chi connectivity index (χ2n) is 5.61. The van der Waals surface area contributed by atoms with Crippen LogP contribution in [-0.4, -0.2) is 43.1 Å². The molecule has 0 radical (unpaired) electrons. The molecule has 2 heterocycles. The van der Waals surface area contributed by atoms with Crippen molar-refractivity contribution in [3.05, 3.63) is 52.5 Å². The van der Waals surface area contributed by atoms with Crippen LogP contribution >= 0.6 is 0 Å². The summed E-state index contributed by atoms with van der Waals surface area (Å²) in [5.41, 5.74) is 8.76. The number of ether oxygens (including phenoxy) is 1. The van der Waals surface area contributed by atoms with Gasteiger partial charge in [-0.3, -0.25) is 0 Å². The normalized spacial score (nSPS) is 16.1. The van der Waals surface area contributed by atoms with Gasteiger partial charge in [0.15, 0.2) is 17.0 Å². The second-order valence-corrected chi connectivity index (χ2v) is 6.47. The minimum atomic E-state index is -0.698. The first-order chi connectivity index (χ1) is 10.8. The predicted molar refractivity (Wildman–Crippen MR) is 87.4 cm³/mol. The van der Waals surface area contributed by atoms with E-state index in [1.807, 2.05) is 0 Å². The van der Waals surface area contributed by atoms with Crippen LogP contribution in [-0.2, 0) is 16.1 Å². The van der Waals surface area contributed by atoms with Gasteiger partial charge >= 0.3 is 12.3 Å². The molecule has 1 aliphatic rings. The van der Waals surface area contributed by atoms with Crippen molar-refractivity contribution in [1.29, 1.82) is 0 Å². The zero-order chi connectivity index (χ0) is 17.0. The summed E-state index contributed by atoms with van der Waals surface area (Å²) in [5, 5.41) is 12.1. The first-order valence-corrected chi connectivity index (χ1v) is 7.62. The Morgan fingerprint density at radius 1 is 1.57 bits per heavy atom. The van der Waals surface area contributed by atoms with E-state index < -0.39 is 11.7 Å². The third kappa shape index (κ3) is 3.94. The number of carbonyl (C=O) groups excluding carboxylic acids is 1. The highest BCUT2D eigenvalue weighted by molar-refractivity contribution is 7.81. The average Bonchev–Trinajstić information content (AvgIpc) is 2.91. The molecular formula is C15H16N4O3S. The van der Waals surface area contributed by atoms with Gasteiger partial charge in [0, 0.05) is 0 Å². The lowest BCUT2D eigenvalue weighted by molar-refractivity contribution is 0.00101. The van der Waals surface area contributed by atoms with Crippen LogP contribution in [0.5, 0.6) is 0 Å². The summed E-state index contributed by atoms with van der Waals surface area (Å²) in [7, 11) is 0. The molecule has 1 N–H and O–H groups in total. The lowest BCUT2D eigenvalue weighted by atomic mass is 10.2. The molecule has 0 spiro atoms. The number of aliphatic hydroxyl groups is 1. The van der Waals surface area contributed by atoms with E-state index in [1.54, 1.807) is 50.7 Å². The fourth-order valence-corrected chi connectivity index (χ4v) is 2.78. The summed E-state index contributed by atoms with van der Waals surface area (Å²) in [6.07, 6.45) is 3.42. The summed E-state index contributed by atoms with van der Waals surface area (Å²) < 4.78 is 5.39. The van der Waals surface area contributed by atoms with Crippen molar-refractivity contribution < 1.29 is 19.4 Å². The number of hydrogen-bond donors (Lipinski definition) is 1. The zero-order valence-corrected chi connectivity index (χ0v) is 13.7. The van der Waals surface area contributed by atoms with E-state index in [0.29, 0.717) is 10.9 Å². The summed E-state index contributed by atoms with van der Waals surface area (Å²) >= 11 is 1.24. The van der Waals surface area contributed by atoms with Crippen molar-refractivity contribution in [2.75, 3.05) is 0 Å². The Balaban J connectivity index is 2.44. The van der Waals surface area contributed by atoms with Gasteiger partial charge < -0.3 is 20.4 Å². The van der Waals surface area contributed by atoms with Crippen LogP contribution in [0, 0.1) is 5.37 Å². The number of nitrogens with zero attached hydrogens (tertiary/aromatic N) is 4. The highest BCUT2D eigenvalue weighted by Gasteiger charge is 2.41. The van der Waals surface area contributed by atoms with Gasteiger partial charge in [0.1, 0.15) is 5.60 Å². The minimum absolute atomic E-state index is 0.168. The molecule has 0 aromatic carbocycles. The van der Waals surface area contributed by atoms with Crippen molar-refractivity contribution in [1.82, 2.24) is 9.88 Å². The van der Waals surface area contributed by atoms with Crippen LogP contribution in [0.15, 0.2) is 36.0 Å². The molecule has 2 rings (SSSR count). The number of carbonyl (C=O) groups is 1. The number of allylic oxidation sites excluding steroid dienone is 2. The van der Waals surface area contributed by atoms with Gasteiger partial charge in [-0.25, -0.2) is 9.69 Å². The summed E-state index contributed by atoms with van der Waals surface area (Å²) in [6, 6.07) is 3.54. The molecule has 0 saturated heterocycles. The fourth-order valence-electron chi connectivity index (χ4n) is 1.80. The predicted octanol–water partition coefficient (Wildman–Crippen LogP) is 2.12.